The maximum atomic E-state index is 12.3. The van der Waals surface area contributed by atoms with E-state index in [9.17, 15) is 4.79 Å². The van der Waals surface area contributed by atoms with Crippen molar-refractivity contribution in [1.29, 1.82) is 0 Å². The van der Waals surface area contributed by atoms with Gasteiger partial charge in [-0.15, -0.1) is 0 Å². The Morgan fingerprint density at radius 1 is 1.25 bits per heavy atom. The topological polar surface area (TPSA) is 46.5 Å². The summed E-state index contributed by atoms with van der Waals surface area (Å²) in [7, 11) is 1.59. The maximum Gasteiger partial charge on any atom is 0.260 e. The molecule has 5 heteroatoms. The second kappa shape index (κ2) is 5.64. The zero-order valence-corrected chi connectivity index (χ0v) is 11.6. The van der Waals surface area contributed by atoms with Gasteiger partial charge in [0.2, 0.25) is 0 Å². The zero-order chi connectivity index (χ0) is 13.9. The second-order valence-electron chi connectivity index (χ2n) is 5.02. The van der Waals surface area contributed by atoms with Crippen molar-refractivity contribution in [1.82, 2.24) is 9.88 Å². The van der Waals surface area contributed by atoms with Gasteiger partial charge in [0, 0.05) is 50.6 Å². The number of pyridine rings is 1. The third kappa shape index (κ3) is 2.42. The lowest BCUT2D eigenvalue weighted by Crippen LogP contribution is -2.43. The molecule has 1 aromatic carbocycles. The predicted molar refractivity (Wildman–Crippen MR) is 80.3 cm³/mol. The summed E-state index contributed by atoms with van der Waals surface area (Å²) in [6, 6.07) is 8.02. The highest BCUT2D eigenvalue weighted by molar-refractivity contribution is 5.85. The molecule has 0 unspecified atom stereocenters. The first-order valence-electron chi connectivity index (χ1n) is 6.87. The number of aromatic nitrogens is 1. The van der Waals surface area contributed by atoms with Gasteiger partial charge in [0.05, 0.1) is 0 Å². The third-order valence-electron chi connectivity index (χ3n) is 3.71. The van der Waals surface area contributed by atoms with E-state index in [-0.39, 0.29) is 12.3 Å². The Bertz CT molecular complexity index is 660. The number of piperazine rings is 1. The Kier molecular flexibility index (Phi) is 3.71. The van der Waals surface area contributed by atoms with Crippen molar-refractivity contribution in [2.24, 2.45) is 0 Å². The minimum atomic E-state index is -0.00351. The summed E-state index contributed by atoms with van der Waals surface area (Å²) < 4.78 is 6.60. The highest BCUT2D eigenvalue weighted by atomic mass is 16.5. The predicted octanol–water partition coefficient (Wildman–Crippen LogP) is 1.01. The van der Waals surface area contributed by atoms with Crippen LogP contribution in [0.15, 0.2) is 35.3 Å². The van der Waals surface area contributed by atoms with Gasteiger partial charge >= 0.3 is 0 Å². The molecule has 1 aliphatic heterocycles. The number of ether oxygens (including phenoxy) is 1. The third-order valence-corrected chi connectivity index (χ3v) is 3.71. The first kappa shape index (κ1) is 13.1. The van der Waals surface area contributed by atoms with Gasteiger partial charge < -0.3 is 15.0 Å². The quantitative estimate of drug-likeness (QED) is 0.907. The molecule has 1 aromatic heterocycles. The lowest BCUT2D eigenvalue weighted by Gasteiger charge is -2.29. The summed E-state index contributed by atoms with van der Waals surface area (Å²) in [4.78, 5) is 14.6. The van der Waals surface area contributed by atoms with Crippen LogP contribution in [0.25, 0.3) is 10.8 Å². The Labute approximate surface area is 117 Å². The van der Waals surface area contributed by atoms with Gasteiger partial charge in [0.25, 0.3) is 5.56 Å². The van der Waals surface area contributed by atoms with Crippen molar-refractivity contribution in [2.75, 3.05) is 38.2 Å². The van der Waals surface area contributed by atoms with Crippen LogP contribution < -0.4 is 15.8 Å². The van der Waals surface area contributed by atoms with Crippen LogP contribution in [-0.4, -0.2) is 37.9 Å². The number of methoxy groups -OCH3 is 1. The van der Waals surface area contributed by atoms with Crippen molar-refractivity contribution in [3.8, 4) is 0 Å². The van der Waals surface area contributed by atoms with Gasteiger partial charge in [-0.2, -0.15) is 0 Å². The van der Waals surface area contributed by atoms with E-state index in [1.54, 1.807) is 17.9 Å². The summed E-state index contributed by atoms with van der Waals surface area (Å²) in [6.07, 6.45) is 1.79. The number of nitrogens with zero attached hydrogens (tertiary/aromatic N) is 2. The fourth-order valence-electron chi connectivity index (χ4n) is 2.64. The van der Waals surface area contributed by atoms with Crippen LogP contribution >= 0.6 is 0 Å². The van der Waals surface area contributed by atoms with Crippen molar-refractivity contribution >= 4 is 16.5 Å². The molecule has 20 heavy (non-hydrogen) atoms. The summed E-state index contributed by atoms with van der Waals surface area (Å²) >= 11 is 0. The Morgan fingerprint density at radius 2 is 2.05 bits per heavy atom. The Hall–Kier alpha value is -1.85. The fraction of sp³-hybridized carbons (Fsp3) is 0.400. The van der Waals surface area contributed by atoms with Crippen LogP contribution in [0.5, 0.6) is 0 Å². The number of benzene rings is 1. The zero-order valence-electron chi connectivity index (χ0n) is 11.6. The van der Waals surface area contributed by atoms with Gasteiger partial charge in [-0.05, 0) is 29.7 Å². The molecule has 3 rings (SSSR count). The molecule has 5 nitrogen and oxygen atoms in total. The molecule has 2 aromatic rings. The van der Waals surface area contributed by atoms with E-state index >= 15 is 0 Å². The molecule has 1 aliphatic rings. The van der Waals surface area contributed by atoms with Crippen LogP contribution in [0.2, 0.25) is 0 Å². The molecule has 0 saturated carbocycles. The van der Waals surface area contributed by atoms with E-state index in [1.165, 1.54) is 5.69 Å². The average Bonchev–Trinajstić information content (AvgIpc) is 2.51. The highest BCUT2D eigenvalue weighted by Gasteiger charge is 2.11. The minimum absolute atomic E-state index is 0.00351. The largest absolute Gasteiger partial charge is 0.369 e. The number of anilines is 1. The van der Waals surface area contributed by atoms with Crippen molar-refractivity contribution in [3.63, 3.8) is 0 Å². The molecule has 0 spiro atoms. The standard InChI is InChI=1S/C15H19N3O2/c1-20-11-18-7-4-12-10-13(2-3-14(12)15(18)19)17-8-5-16-6-9-17/h2-4,7,10,16H,5-6,8-9,11H2,1H3. The first-order valence-corrected chi connectivity index (χ1v) is 6.87. The van der Waals surface area contributed by atoms with Crippen LogP contribution in [0.4, 0.5) is 5.69 Å². The molecule has 2 heterocycles. The number of fused-ring (bicyclic) bond motifs is 1. The summed E-state index contributed by atoms with van der Waals surface area (Å²) in [5.74, 6) is 0. The molecule has 0 bridgehead atoms. The first-order chi connectivity index (χ1) is 9.79. The number of hydrogen-bond donors (Lipinski definition) is 1. The van der Waals surface area contributed by atoms with Gasteiger partial charge in [0.15, 0.2) is 0 Å². The number of rotatable bonds is 3. The molecule has 1 N–H and O–H groups in total. The van der Waals surface area contributed by atoms with Crippen LogP contribution in [0, 0.1) is 0 Å². The number of hydrogen-bond acceptors (Lipinski definition) is 4. The molecule has 0 radical (unpaired) electrons. The van der Waals surface area contributed by atoms with E-state index in [2.05, 4.69) is 16.3 Å². The minimum Gasteiger partial charge on any atom is -0.369 e. The highest BCUT2D eigenvalue weighted by Crippen LogP contribution is 2.20. The van der Waals surface area contributed by atoms with Crippen molar-refractivity contribution in [3.05, 3.63) is 40.8 Å². The van der Waals surface area contributed by atoms with Crippen molar-refractivity contribution < 1.29 is 4.74 Å². The normalized spacial score (nSPS) is 15.8. The molecule has 106 valence electrons. The van der Waals surface area contributed by atoms with Crippen LogP contribution in [-0.2, 0) is 11.5 Å². The summed E-state index contributed by atoms with van der Waals surface area (Å²) in [5.41, 5.74) is 1.18. The lowest BCUT2D eigenvalue weighted by atomic mass is 10.1. The van der Waals surface area contributed by atoms with Crippen LogP contribution in [0.1, 0.15) is 0 Å². The molecular formula is C15H19N3O2. The van der Waals surface area contributed by atoms with E-state index in [1.807, 2.05) is 18.2 Å². The van der Waals surface area contributed by atoms with Gasteiger partial charge in [-0.25, -0.2) is 0 Å². The van der Waals surface area contributed by atoms with Crippen molar-refractivity contribution in [2.45, 2.75) is 6.73 Å². The average molecular weight is 273 g/mol. The molecular weight excluding hydrogens is 254 g/mol. The molecule has 0 aliphatic carbocycles. The SMILES string of the molecule is COCn1ccc2cc(N3CCNCC3)ccc2c1=O. The molecule has 1 saturated heterocycles. The Morgan fingerprint density at radius 3 is 2.80 bits per heavy atom. The van der Waals surface area contributed by atoms with Crippen LogP contribution in [0.3, 0.4) is 0 Å². The van der Waals surface area contributed by atoms with Gasteiger partial charge in [0.1, 0.15) is 6.73 Å². The number of nitrogens with one attached hydrogen (secondary N) is 1. The molecule has 0 atom stereocenters. The van der Waals surface area contributed by atoms with E-state index in [4.69, 9.17) is 4.74 Å². The molecule has 1 fully saturated rings. The van der Waals surface area contributed by atoms with E-state index in [0.717, 1.165) is 37.0 Å². The van der Waals surface area contributed by atoms with Gasteiger partial charge in [-0.3, -0.25) is 9.36 Å². The maximum absolute atomic E-state index is 12.3. The summed E-state index contributed by atoms with van der Waals surface area (Å²) in [6.45, 7) is 4.31. The second-order valence-corrected chi connectivity index (χ2v) is 5.02. The lowest BCUT2D eigenvalue weighted by molar-refractivity contribution is 0.128. The smallest absolute Gasteiger partial charge is 0.260 e. The van der Waals surface area contributed by atoms with Gasteiger partial charge in [-0.1, -0.05) is 0 Å². The monoisotopic (exact) mass is 273 g/mol. The van der Waals surface area contributed by atoms with E-state index < -0.39 is 0 Å². The Balaban J connectivity index is 1.99. The summed E-state index contributed by atoms with van der Waals surface area (Å²) in [5, 5.41) is 5.07. The fourth-order valence-corrected chi connectivity index (χ4v) is 2.64. The van der Waals surface area contributed by atoms with E-state index in [0.29, 0.717) is 0 Å². The molecule has 0 amide bonds.